The fourth-order valence-electron chi connectivity index (χ4n) is 2.40. The highest BCUT2D eigenvalue weighted by Gasteiger charge is 2.33. The molecule has 0 radical (unpaired) electrons. The van der Waals surface area contributed by atoms with Gasteiger partial charge in [-0.25, -0.2) is 4.98 Å². The van der Waals surface area contributed by atoms with Gasteiger partial charge in [-0.2, -0.15) is 13.2 Å². The topological polar surface area (TPSA) is 71.2 Å². The maximum atomic E-state index is 12.6. The molecule has 1 aromatic rings. The van der Waals surface area contributed by atoms with Crippen molar-refractivity contribution in [2.24, 2.45) is 0 Å². The van der Waals surface area contributed by atoms with Crippen LogP contribution in [-0.4, -0.2) is 22.2 Å². The zero-order chi connectivity index (χ0) is 14.8. The number of nitrogens with two attached hydrogens (primary N) is 1. The molecule has 1 aliphatic rings. The number of anilines is 2. The number of alkyl halides is 3. The van der Waals surface area contributed by atoms with Gasteiger partial charge in [-0.05, 0) is 18.9 Å². The van der Waals surface area contributed by atoms with Gasteiger partial charge in [-0.1, -0.05) is 19.3 Å². The average molecular weight is 289 g/mol. The molecule has 4 N–H and O–H groups in total. The van der Waals surface area contributed by atoms with E-state index in [1.807, 2.05) is 0 Å². The van der Waals surface area contributed by atoms with Gasteiger partial charge in [-0.3, -0.25) is 0 Å². The summed E-state index contributed by atoms with van der Waals surface area (Å²) in [6.07, 6.45) is 0.165. The number of aliphatic hydroxyl groups excluding tert-OH is 1. The SMILES string of the molecule is Nc1cnc(C(F)(F)F)cc1NC1CCCCCC1O. The number of aromatic nitrogens is 1. The summed E-state index contributed by atoms with van der Waals surface area (Å²) in [5.74, 6) is 0. The summed E-state index contributed by atoms with van der Waals surface area (Å²) in [6, 6.07) is 0.621. The highest BCUT2D eigenvalue weighted by molar-refractivity contribution is 5.66. The molecule has 112 valence electrons. The molecule has 1 aromatic heterocycles. The van der Waals surface area contributed by atoms with Gasteiger partial charge in [0.1, 0.15) is 5.69 Å². The molecule has 2 rings (SSSR count). The first kappa shape index (κ1) is 14.9. The fourth-order valence-corrected chi connectivity index (χ4v) is 2.40. The summed E-state index contributed by atoms with van der Waals surface area (Å²) in [7, 11) is 0. The van der Waals surface area contributed by atoms with Gasteiger partial charge in [0.15, 0.2) is 0 Å². The van der Waals surface area contributed by atoms with Crippen LogP contribution in [0.25, 0.3) is 0 Å². The fraction of sp³-hybridized carbons (Fsp3) is 0.615. The average Bonchev–Trinajstić information content (AvgIpc) is 2.56. The third kappa shape index (κ3) is 3.53. The van der Waals surface area contributed by atoms with Gasteiger partial charge >= 0.3 is 6.18 Å². The van der Waals surface area contributed by atoms with Crippen LogP contribution in [-0.2, 0) is 6.18 Å². The van der Waals surface area contributed by atoms with Crippen molar-refractivity contribution in [1.29, 1.82) is 0 Å². The van der Waals surface area contributed by atoms with Crippen LogP contribution in [0.15, 0.2) is 12.3 Å². The molecule has 0 aliphatic heterocycles. The third-order valence-corrected chi connectivity index (χ3v) is 3.55. The number of aliphatic hydroxyl groups is 1. The Labute approximate surface area is 115 Å². The first-order chi connectivity index (χ1) is 9.38. The molecule has 2 unspecified atom stereocenters. The molecule has 1 fully saturated rings. The Balaban J connectivity index is 2.19. The molecule has 0 amide bonds. The smallest absolute Gasteiger partial charge is 0.396 e. The van der Waals surface area contributed by atoms with Crippen molar-refractivity contribution < 1.29 is 18.3 Å². The van der Waals surface area contributed by atoms with Crippen molar-refractivity contribution in [2.75, 3.05) is 11.1 Å². The van der Waals surface area contributed by atoms with Crippen molar-refractivity contribution in [3.05, 3.63) is 18.0 Å². The number of hydrogen-bond acceptors (Lipinski definition) is 4. The zero-order valence-corrected chi connectivity index (χ0v) is 11.0. The Bertz CT molecular complexity index is 465. The standard InChI is InChI=1S/C13H18F3N3O/c14-13(15,16)12-6-10(8(17)7-18-12)19-9-4-2-1-3-5-11(9)20/h6-7,9,11,20H,1-5,17H2,(H,18,19). The first-order valence-electron chi connectivity index (χ1n) is 6.65. The van der Waals surface area contributed by atoms with E-state index in [0.29, 0.717) is 12.8 Å². The lowest BCUT2D eigenvalue weighted by atomic mass is 10.1. The molecular weight excluding hydrogens is 271 g/mol. The van der Waals surface area contributed by atoms with Crippen LogP contribution in [0, 0.1) is 0 Å². The second-order valence-corrected chi connectivity index (χ2v) is 5.11. The van der Waals surface area contributed by atoms with E-state index in [1.165, 1.54) is 0 Å². The molecule has 20 heavy (non-hydrogen) atoms. The zero-order valence-electron chi connectivity index (χ0n) is 11.0. The molecule has 0 bridgehead atoms. The number of halogens is 3. The molecule has 0 saturated heterocycles. The lowest BCUT2D eigenvalue weighted by Gasteiger charge is -2.24. The Kier molecular flexibility index (Phi) is 4.37. The second-order valence-electron chi connectivity index (χ2n) is 5.11. The normalized spacial score (nSPS) is 24.2. The predicted octanol–water partition coefficient (Wildman–Crippen LogP) is 2.79. The number of nitrogens with one attached hydrogen (secondary N) is 1. The Hall–Kier alpha value is -1.50. The van der Waals surface area contributed by atoms with E-state index < -0.39 is 18.0 Å². The van der Waals surface area contributed by atoms with E-state index in [0.717, 1.165) is 31.5 Å². The van der Waals surface area contributed by atoms with E-state index in [4.69, 9.17) is 5.73 Å². The highest BCUT2D eigenvalue weighted by atomic mass is 19.4. The highest BCUT2D eigenvalue weighted by Crippen LogP contribution is 2.32. The lowest BCUT2D eigenvalue weighted by Crippen LogP contribution is -2.32. The van der Waals surface area contributed by atoms with Gasteiger partial charge < -0.3 is 16.2 Å². The second kappa shape index (κ2) is 5.87. The van der Waals surface area contributed by atoms with Gasteiger partial charge in [0, 0.05) is 0 Å². The summed E-state index contributed by atoms with van der Waals surface area (Å²) >= 11 is 0. The summed E-state index contributed by atoms with van der Waals surface area (Å²) in [6.45, 7) is 0. The van der Waals surface area contributed by atoms with E-state index in [1.54, 1.807) is 0 Å². The summed E-state index contributed by atoms with van der Waals surface area (Å²) in [5.41, 5.74) is 5.00. The van der Waals surface area contributed by atoms with Crippen LogP contribution in [0.3, 0.4) is 0 Å². The lowest BCUT2D eigenvalue weighted by molar-refractivity contribution is -0.141. The van der Waals surface area contributed by atoms with Crippen molar-refractivity contribution in [1.82, 2.24) is 4.98 Å². The number of pyridine rings is 1. The molecular formula is C13H18F3N3O. The van der Waals surface area contributed by atoms with E-state index in [-0.39, 0.29) is 17.4 Å². The largest absolute Gasteiger partial charge is 0.433 e. The molecule has 0 aromatic carbocycles. The number of nitrogen functional groups attached to an aromatic ring is 1. The third-order valence-electron chi connectivity index (χ3n) is 3.55. The minimum absolute atomic E-state index is 0.148. The Morgan fingerprint density at radius 3 is 2.65 bits per heavy atom. The van der Waals surface area contributed by atoms with Gasteiger partial charge in [-0.15, -0.1) is 0 Å². The summed E-state index contributed by atoms with van der Waals surface area (Å²) < 4.78 is 37.9. The number of rotatable bonds is 2. The minimum Gasteiger partial charge on any atom is -0.396 e. The molecule has 2 atom stereocenters. The number of hydrogen-bond donors (Lipinski definition) is 3. The monoisotopic (exact) mass is 289 g/mol. The van der Waals surface area contributed by atoms with E-state index in [2.05, 4.69) is 10.3 Å². The summed E-state index contributed by atoms with van der Waals surface area (Å²) in [4.78, 5) is 3.29. The first-order valence-corrected chi connectivity index (χ1v) is 6.65. The van der Waals surface area contributed by atoms with Gasteiger partial charge in [0.05, 0.1) is 29.7 Å². The van der Waals surface area contributed by atoms with Crippen molar-refractivity contribution in [3.63, 3.8) is 0 Å². The van der Waals surface area contributed by atoms with Crippen molar-refractivity contribution >= 4 is 11.4 Å². The summed E-state index contributed by atoms with van der Waals surface area (Å²) in [5, 5.41) is 12.9. The van der Waals surface area contributed by atoms with Crippen molar-refractivity contribution in [3.8, 4) is 0 Å². The molecule has 4 nitrogen and oxygen atoms in total. The molecule has 1 heterocycles. The quantitative estimate of drug-likeness (QED) is 0.732. The van der Waals surface area contributed by atoms with Crippen LogP contribution in [0.4, 0.5) is 24.5 Å². The predicted molar refractivity (Wildman–Crippen MR) is 70.2 cm³/mol. The van der Waals surface area contributed by atoms with Crippen molar-refractivity contribution in [2.45, 2.75) is 50.4 Å². The maximum absolute atomic E-state index is 12.6. The molecule has 0 spiro atoms. The van der Waals surface area contributed by atoms with Crippen LogP contribution in [0.2, 0.25) is 0 Å². The van der Waals surface area contributed by atoms with Crippen LogP contribution < -0.4 is 11.1 Å². The Morgan fingerprint density at radius 2 is 1.95 bits per heavy atom. The molecule has 7 heteroatoms. The van der Waals surface area contributed by atoms with Crippen LogP contribution in [0.5, 0.6) is 0 Å². The van der Waals surface area contributed by atoms with Gasteiger partial charge in [0.2, 0.25) is 0 Å². The minimum atomic E-state index is -4.51. The maximum Gasteiger partial charge on any atom is 0.433 e. The molecule has 1 saturated carbocycles. The molecule has 1 aliphatic carbocycles. The van der Waals surface area contributed by atoms with Crippen LogP contribution >= 0.6 is 0 Å². The van der Waals surface area contributed by atoms with E-state index in [9.17, 15) is 18.3 Å². The van der Waals surface area contributed by atoms with Crippen LogP contribution in [0.1, 0.15) is 37.8 Å². The van der Waals surface area contributed by atoms with E-state index >= 15 is 0 Å². The number of nitrogens with zero attached hydrogens (tertiary/aromatic N) is 1. The van der Waals surface area contributed by atoms with Gasteiger partial charge in [0.25, 0.3) is 0 Å². The Morgan fingerprint density at radius 1 is 1.25 bits per heavy atom.